The van der Waals surface area contributed by atoms with E-state index in [1.807, 2.05) is 0 Å². The molecular weight excluding hydrogens is 233 g/mol. The first kappa shape index (κ1) is 12.2. The summed E-state index contributed by atoms with van der Waals surface area (Å²) in [6.45, 7) is 0. The number of aromatic nitrogens is 1. The second kappa shape index (κ2) is 5.40. The standard InChI is InChI=1S/C14H12FNO2/c15-11-6-4-10(5-7-11)12(9-14(17)18)13-3-1-2-8-16-13/h1-8,12H,9H2,(H,17,18). The van der Waals surface area contributed by atoms with Crippen molar-refractivity contribution in [3.8, 4) is 0 Å². The third-order valence-electron chi connectivity index (χ3n) is 2.70. The van der Waals surface area contributed by atoms with Crippen LogP contribution in [0.15, 0.2) is 48.7 Å². The van der Waals surface area contributed by atoms with Crippen molar-refractivity contribution in [1.29, 1.82) is 0 Å². The molecule has 0 fully saturated rings. The highest BCUT2D eigenvalue weighted by atomic mass is 19.1. The molecule has 0 aliphatic rings. The van der Waals surface area contributed by atoms with Gasteiger partial charge in [-0.1, -0.05) is 18.2 Å². The zero-order valence-corrected chi connectivity index (χ0v) is 9.58. The number of hydrogen-bond donors (Lipinski definition) is 1. The summed E-state index contributed by atoms with van der Waals surface area (Å²) >= 11 is 0. The summed E-state index contributed by atoms with van der Waals surface area (Å²) in [7, 11) is 0. The van der Waals surface area contributed by atoms with Gasteiger partial charge in [0.25, 0.3) is 0 Å². The Balaban J connectivity index is 2.36. The molecule has 0 radical (unpaired) electrons. The molecule has 4 heteroatoms. The Morgan fingerprint density at radius 2 is 1.94 bits per heavy atom. The van der Waals surface area contributed by atoms with Gasteiger partial charge >= 0.3 is 5.97 Å². The first-order valence-electron chi connectivity index (χ1n) is 5.55. The molecule has 0 spiro atoms. The van der Waals surface area contributed by atoms with Gasteiger partial charge in [-0.05, 0) is 29.8 Å². The molecule has 0 bridgehead atoms. The average molecular weight is 245 g/mol. The minimum Gasteiger partial charge on any atom is -0.481 e. The van der Waals surface area contributed by atoms with Gasteiger partial charge < -0.3 is 5.11 Å². The maximum atomic E-state index is 12.9. The number of rotatable bonds is 4. The van der Waals surface area contributed by atoms with Gasteiger partial charge in [0.15, 0.2) is 0 Å². The van der Waals surface area contributed by atoms with Crippen LogP contribution in [0.4, 0.5) is 4.39 Å². The predicted molar refractivity (Wildman–Crippen MR) is 64.7 cm³/mol. The molecule has 92 valence electrons. The molecule has 1 aromatic carbocycles. The van der Waals surface area contributed by atoms with E-state index in [4.69, 9.17) is 5.11 Å². The van der Waals surface area contributed by atoms with E-state index in [0.717, 1.165) is 5.56 Å². The van der Waals surface area contributed by atoms with Crippen LogP contribution in [0.2, 0.25) is 0 Å². The van der Waals surface area contributed by atoms with E-state index in [1.165, 1.54) is 12.1 Å². The van der Waals surface area contributed by atoms with Crippen LogP contribution in [0.5, 0.6) is 0 Å². The summed E-state index contributed by atoms with van der Waals surface area (Å²) in [5.41, 5.74) is 1.42. The highest BCUT2D eigenvalue weighted by molar-refractivity contribution is 5.68. The lowest BCUT2D eigenvalue weighted by molar-refractivity contribution is -0.137. The van der Waals surface area contributed by atoms with Crippen LogP contribution in [0, 0.1) is 5.82 Å². The highest BCUT2D eigenvalue weighted by Crippen LogP contribution is 2.26. The van der Waals surface area contributed by atoms with E-state index in [-0.39, 0.29) is 18.2 Å². The minimum atomic E-state index is -0.907. The fourth-order valence-electron chi connectivity index (χ4n) is 1.84. The summed E-state index contributed by atoms with van der Waals surface area (Å²) in [6.07, 6.45) is 1.55. The molecule has 2 rings (SSSR count). The van der Waals surface area contributed by atoms with E-state index < -0.39 is 5.97 Å². The summed E-state index contributed by atoms with van der Waals surface area (Å²) < 4.78 is 12.9. The number of carbonyl (C=O) groups is 1. The molecule has 0 saturated heterocycles. The molecule has 0 aliphatic carbocycles. The fraction of sp³-hybridized carbons (Fsp3) is 0.143. The summed E-state index contributed by atoms with van der Waals surface area (Å²) in [5.74, 6) is -1.60. The topological polar surface area (TPSA) is 50.2 Å². The summed E-state index contributed by atoms with van der Waals surface area (Å²) in [5, 5.41) is 8.96. The number of nitrogens with zero attached hydrogens (tertiary/aromatic N) is 1. The van der Waals surface area contributed by atoms with Gasteiger partial charge in [0.05, 0.1) is 6.42 Å². The largest absolute Gasteiger partial charge is 0.481 e. The smallest absolute Gasteiger partial charge is 0.304 e. The van der Waals surface area contributed by atoms with Crippen LogP contribution in [-0.2, 0) is 4.79 Å². The number of aliphatic carboxylic acids is 1. The lowest BCUT2D eigenvalue weighted by atomic mass is 9.92. The van der Waals surface area contributed by atoms with Gasteiger partial charge in [0.1, 0.15) is 5.82 Å². The molecule has 1 atom stereocenters. The van der Waals surface area contributed by atoms with Crippen LogP contribution >= 0.6 is 0 Å². The van der Waals surface area contributed by atoms with Gasteiger partial charge in [0.2, 0.25) is 0 Å². The van der Waals surface area contributed by atoms with Crippen molar-refractivity contribution in [3.63, 3.8) is 0 Å². The molecule has 0 amide bonds. The minimum absolute atomic E-state index is 0.0668. The van der Waals surface area contributed by atoms with Crippen LogP contribution in [-0.4, -0.2) is 16.1 Å². The van der Waals surface area contributed by atoms with E-state index in [1.54, 1.807) is 36.5 Å². The molecule has 0 aliphatic heterocycles. The molecule has 3 nitrogen and oxygen atoms in total. The Kier molecular flexibility index (Phi) is 3.67. The van der Waals surface area contributed by atoms with Crippen LogP contribution in [0.1, 0.15) is 23.6 Å². The van der Waals surface area contributed by atoms with E-state index >= 15 is 0 Å². The summed E-state index contributed by atoms with van der Waals surface area (Å²) in [4.78, 5) is 15.1. The second-order valence-electron chi connectivity index (χ2n) is 3.96. The normalized spacial score (nSPS) is 12.1. The van der Waals surface area contributed by atoms with Crippen LogP contribution < -0.4 is 0 Å². The lowest BCUT2D eigenvalue weighted by Crippen LogP contribution is -2.09. The maximum absolute atomic E-state index is 12.9. The average Bonchev–Trinajstić information content (AvgIpc) is 2.38. The molecular formula is C14H12FNO2. The van der Waals surface area contributed by atoms with Crippen LogP contribution in [0.3, 0.4) is 0 Å². The van der Waals surface area contributed by atoms with Gasteiger partial charge in [-0.3, -0.25) is 9.78 Å². The lowest BCUT2D eigenvalue weighted by Gasteiger charge is -2.14. The number of carboxylic acids is 1. The van der Waals surface area contributed by atoms with Crippen LogP contribution in [0.25, 0.3) is 0 Å². The van der Waals surface area contributed by atoms with Gasteiger partial charge in [-0.2, -0.15) is 0 Å². The van der Waals surface area contributed by atoms with E-state index in [0.29, 0.717) is 5.69 Å². The number of hydrogen-bond acceptors (Lipinski definition) is 2. The van der Waals surface area contributed by atoms with Gasteiger partial charge in [0, 0.05) is 17.8 Å². The SMILES string of the molecule is O=C(O)CC(c1ccc(F)cc1)c1ccccn1. The predicted octanol–water partition coefficient (Wildman–Crippen LogP) is 2.83. The number of benzene rings is 1. The van der Waals surface area contributed by atoms with Crippen molar-refractivity contribution in [3.05, 3.63) is 65.7 Å². The zero-order valence-electron chi connectivity index (χ0n) is 9.58. The third kappa shape index (κ3) is 2.91. The quantitative estimate of drug-likeness (QED) is 0.901. The van der Waals surface area contributed by atoms with Crippen molar-refractivity contribution >= 4 is 5.97 Å². The van der Waals surface area contributed by atoms with E-state index in [2.05, 4.69) is 4.98 Å². The molecule has 2 aromatic rings. The van der Waals surface area contributed by atoms with Gasteiger partial charge in [-0.25, -0.2) is 4.39 Å². The van der Waals surface area contributed by atoms with E-state index in [9.17, 15) is 9.18 Å². The number of pyridine rings is 1. The summed E-state index contributed by atoms with van der Waals surface area (Å²) in [6, 6.07) is 11.2. The molecule has 1 heterocycles. The Hall–Kier alpha value is -2.23. The zero-order chi connectivity index (χ0) is 13.0. The molecule has 0 saturated carbocycles. The highest BCUT2D eigenvalue weighted by Gasteiger charge is 2.18. The van der Waals surface area contributed by atoms with Crippen molar-refractivity contribution in [1.82, 2.24) is 4.98 Å². The Morgan fingerprint density at radius 3 is 2.50 bits per heavy atom. The van der Waals surface area contributed by atoms with Crippen molar-refractivity contribution in [2.75, 3.05) is 0 Å². The monoisotopic (exact) mass is 245 g/mol. The maximum Gasteiger partial charge on any atom is 0.304 e. The molecule has 1 unspecified atom stereocenters. The fourth-order valence-corrected chi connectivity index (χ4v) is 1.84. The third-order valence-corrected chi connectivity index (χ3v) is 2.70. The Labute approximate surface area is 104 Å². The van der Waals surface area contributed by atoms with Crippen molar-refractivity contribution in [2.45, 2.75) is 12.3 Å². The Bertz CT molecular complexity index is 525. The number of halogens is 1. The molecule has 1 aromatic heterocycles. The molecule has 18 heavy (non-hydrogen) atoms. The first-order chi connectivity index (χ1) is 8.66. The number of carboxylic acid groups (broad SMARTS) is 1. The Morgan fingerprint density at radius 1 is 1.22 bits per heavy atom. The second-order valence-corrected chi connectivity index (χ2v) is 3.96. The van der Waals surface area contributed by atoms with Crippen molar-refractivity contribution < 1.29 is 14.3 Å². The molecule has 1 N–H and O–H groups in total. The first-order valence-corrected chi connectivity index (χ1v) is 5.55. The van der Waals surface area contributed by atoms with Crippen molar-refractivity contribution in [2.24, 2.45) is 0 Å². The van der Waals surface area contributed by atoms with Gasteiger partial charge in [-0.15, -0.1) is 0 Å².